The Labute approximate surface area is 204 Å². The Morgan fingerprint density at radius 2 is 1.59 bits per heavy atom. The summed E-state index contributed by atoms with van der Waals surface area (Å²) in [5.41, 5.74) is 9.52. The molecule has 170 valence electrons. The number of fused-ring (bicyclic) bond motifs is 3. The molecule has 0 radical (unpaired) electrons. The van der Waals surface area contributed by atoms with E-state index < -0.39 is 0 Å². The third-order valence-electron chi connectivity index (χ3n) is 7.99. The van der Waals surface area contributed by atoms with E-state index in [2.05, 4.69) is 122 Å². The first-order valence-corrected chi connectivity index (χ1v) is 12.8. The minimum absolute atomic E-state index is 0.459. The molecule has 34 heavy (non-hydrogen) atoms. The molecule has 1 heterocycles. The van der Waals surface area contributed by atoms with Crippen LogP contribution in [-0.4, -0.2) is 12.1 Å². The smallest absolute Gasteiger partial charge is 0.0539 e. The van der Waals surface area contributed by atoms with Gasteiger partial charge < -0.3 is 4.90 Å². The van der Waals surface area contributed by atoms with Crippen LogP contribution in [0, 0.1) is 5.92 Å². The molecule has 0 amide bonds. The van der Waals surface area contributed by atoms with Crippen LogP contribution in [0.1, 0.15) is 61.3 Å². The van der Waals surface area contributed by atoms with E-state index >= 15 is 0 Å². The monoisotopic (exact) mass is 443 g/mol. The Bertz CT molecular complexity index is 1220. The summed E-state index contributed by atoms with van der Waals surface area (Å²) in [7, 11) is 0. The van der Waals surface area contributed by atoms with Crippen molar-refractivity contribution in [1.29, 1.82) is 0 Å². The fraction of sp³-hybridized carbons (Fsp3) is 0.273. The summed E-state index contributed by atoms with van der Waals surface area (Å²) in [6.07, 6.45) is 13.5. The topological polar surface area (TPSA) is 3.24 Å². The van der Waals surface area contributed by atoms with E-state index in [0.29, 0.717) is 23.9 Å². The highest BCUT2D eigenvalue weighted by atomic mass is 15.2. The van der Waals surface area contributed by atoms with Crippen LogP contribution in [0.3, 0.4) is 0 Å². The van der Waals surface area contributed by atoms with Crippen molar-refractivity contribution < 1.29 is 0 Å². The lowest BCUT2D eigenvalue weighted by molar-refractivity contribution is 0.491. The Morgan fingerprint density at radius 1 is 0.882 bits per heavy atom. The molecule has 0 saturated heterocycles. The highest BCUT2D eigenvalue weighted by Gasteiger charge is 2.44. The standard InChI is InChI=1S/C33H33N/c1-23-16-18-31(24(2)20-23)34-32-15-9-14-28(32)30-22-25(17-19-33(30)34)21-29(26-10-5-3-6-11-26)27-12-7-4-8-13-27/h3-8,10-13,16-22,24,28,31-32H,9,14-15H2,1-2H3. The molecular formula is C33H33N. The van der Waals surface area contributed by atoms with E-state index in [9.17, 15) is 0 Å². The summed E-state index contributed by atoms with van der Waals surface area (Å²) in [6.45, 7) is 4.60. The van der Waals surface area contributed by atoms with E-state index in [-0.39, 0.29) is 0 Å². The second-order valence-corrected chi connectivity index (χ2v) is 10.2. The van der Waals surface area contributed by atoms with Gasteiger partial charge in [-0.05, 0) is 71.7 Å². The normalized spacial score (nSPS) is 25.0. The molecular weight excluding hydrogens is 410 g/mol. The number of rotatable bonds is 4. The summed E-state index contributed by atoms with van der Waals surface area (Å²) < 4.78 is 0. The van der Waals surface area contributed by atoms with Gasteiger partial charge in [0.05, 0.1) is 6.04 Å². The van der Waals surface area contributed by atoms with Crippen LogP contribution in [0.4, 0.5) is 5.69 Å². The van der Waals surface area contributed by atoms with Crippen LogP contribution in [0.2, 0.25) is 0 Å². The summed E-state index contributed by atoms with van der Waals surface area (Å²) >= 11 is 0. The van der Waals surface area contributed by atoms with Crippen LogP contribution in [0.15, 0.2) is 103 Å². The third-order valence-corrected chi connectivity index (χ3v) is 7.99. The van der Waals surface area contributed by atoms with Crippen molar-refractivity contribution in [3.05, 3.63) is 125 Å². The first-order chi connectivity index (χ1) is 16.7. The van der Waals surface area contributed by atoms with E-state index in [4.69, 9.17) is 0 Å². The van der Waals surface area contributed by atoms with Crippen molar-refractivity contribution in [3.8, 4) is 0 Å². The van der Waals surface area contributed by atoms with Gasteiger partial charge in [-0.25, -0.2) is 0 Å². The largest absolute Gasteiger partial charge is 0.361 e. The molecule has 6 rings (SSSR count). The van der Waals surface area contributed by atoms with Gasteiger partial charge in [-0.2, -0.15) is 0 Å². The van der Waals surface area contributed by atoms with E-state index in [0.717, 1.165) is 0 Å². The molecule has 0 N–H and O–H groups in total. The Hall–Kier alpha value is -3.32. The van der Waals surface area contributed by atoms with Crippen molar-refractivity contribution in [2.45, 2.75) is 51.1 Å². The first kappa shape index (κ1) is 21.2. The lowest BCUT2D eigenvalue weighted by atomic mass is 9.91. The average Bonchev–Trinajstić information content (AvgIpc) is 3.45. The number of anilines is 1. The molecule has 4 atom stereocenters. The molecule has 0 spiro atoms. The number of hydrogen-bond acceptors (Lipinski definition) is 1. The average molecular weight is 444 g/mol. The highest BCUT2D eigenvalue weighted by molar-refractivity contribution is 5.91. The van der Waals surface area contributed by atoms with Gasteiger partial charge in [0.25, 0.3) is 0 Å². The molecule has 3 aromatic carbocycles. The van der Waals surface area contributed by atoms with Gasteiger partial charge in [0.1, 0.15) is 0 Å². The van der Waals surface area contributed by atoms with Gasteiger partial charge in [-0.15, -0.1) is 0 Å². The van der Waals surface area contributed by atoms with Crippen LogP contribution in [-0.2, 0) is 0 Å². The van der Waals surface area contributed by atoms with Crippen LogP contribution < -0.4 is 4.90 Å². The molecule has 3 aliphatic rings. The van der Waals surface area contributed by atoms with Crippen molar-refractivity contribution in [3.63, 3.8) is 0 Å². The maximum absolute atomic E-state index is 2.76. The fourth-order valence-electron chi connectivity index (χ4n) is 6.47. The molecule has 1 heteroatoms. The van der Waals surface area contributed by atoms with Crippen LogP contribution >= 0.6 is 0 Å². The molecule has 2 aliphatic carbocycles. The zero-order valence-corrected chi connectivity index (χ0v) is 20.2. The Balaban J connectivity index is 1.42. The van der Waals surface area contributed by atoms with Crippen molar-refractivity contribution in [1.82, 2.24) is 0 Å². The molecule has 4 unspecified atom stereocenters. The summed E-state index contributed by atoms with van der Waals surface area (Å²) in [4.78, 5) is 2.76. The zero-order chi connectivity index (χ0) is 23.1. The first-order valence-electron chi connectivity index (χ1n) is 12.8. The van der Waals surface area contributed by atoms with Gasteiger partial charge >= 0.3 is 0 Å². The van der Waals surface area contributed by atoms with Crippen molar-refractivity contribution in [2.75, 3.05) is 4.90 Å². The minimum Gasteiger partial charge on any atom is -0.361 e. The quantitative estimate of drug-likeness (QED) is 0.367. The summed E-state index contributed by atoms with van der Waals surface area (Å²) in [5.74, 6) is 1.20. The molecule has 1 saturated carbocycles. The number of allylic oxidation sites excluding steroid dienone is 2. The second kappa shape index (κ2) is 8.80. The van der Waals surface area contributed by atoms with Gasteiger partial charge in [0.2, 0.25) is 0 Å². The lowest BCUT2D eigenvalue weighted by Gasteiger charge is -2.38. The maximum Gasteiger partial charge on any atom is 0.0539 e. The molecule has 3 aromatic rings. The van der Waals surface area contributed by atoms with Gasteiger partial charge in [-0.1, -0.05) is 104 Å². The van der Waals surface area contributed by atoms with E-state index in [1.54, 1.807) is 5.56 Å². The SMILES string of the molecule is CC1=CC(C)C(N2c3ccc(C=C(c4ccccc4)c4ccccc4)cc3C3CCCC32)C=C1. The third kappa shape index (κ3) is 3.74. The number of nitrogens with zero attached hydrogens (tertiary/aromatic N) is 1. The second-order valence-electron chi connectivity index (χ2n) is 10.2. The number of hydrogen-bond donors (Lipinski definition) is 0. The van der Waals surface area contributed by atoms with Crippen molar-refractivity contribution >= 4 is 17.3 Å². The van der Waals surface area contributed by atoms with E-state index in [1.165, 1.54) is 52.8 Å². The lowest BCUT2D eigenvalue weighted by Crippen LogP contribution is -2.43. The highest BCUT2D eigenvalue weighted by Crippen LogP contribution is 2.51. The van der Waals surface area contributed by atoms with Gasteiger partial charge in [-0.3, -0.25) is 0 Å². The Morgan fingerprint density at radius 3 is 2.26 bits per heavy atom. The minimum atomic E-state index is 0.459. The van der Waals surface area contributed by atoms with Crippen LogP contribution in [0.5, 0.6) is 0 Å². The maximum atomic E-state index is 2.76. The predicted octanol–water partition coefficient (Wildman–Crippen LogP) is 8.25. The molecule has 0 bridgehead atoms. The zero-order valence-electron chi connectivity index (χ0n) is 20.2. The molecule has 0 aromatic heterocycles. The molecule has 1 nitrogen and oxygen atoms in total. The predicted molar refractivity (Wildman–Crippen MR) is 145 cm³/mol. The van der Waals surface area contributed by atoms with Crippen LogP contribution in [0.25, 0.3) is 11.6 Å². The molecule has 1 aliphatic heterocycles. The molecule has 1 fully saturated rings. The van der Waals surface area contributed by atoms with E-state index in [1.807, 2.05) is 0 Å². The summed E-state index contributed by atoms with van der Waals surface area (Å²) in [5, 5.41) is 0. The van der Waals surface area contributed by atoms with Crippen molar-refractivity contribution in [2.24, 2.45) is 5.92 Å². The Kier molecular flexibility index (Phi) is 5.49. The van der Waals surface area contributed by atoms with Gasteiger partial charge in [0, 0.05) is 17.6 Å². The van der Waals surface area contributed by atoms with Gasteiger partial charge in [0.15, 0.2) is 0 Å². The number of benzene rings is 3. The summed E-state index contributed by atoms with van der Waals surface area (Å²) in [6, 6.07) is 29.9. The fourth-order valence-corrected chi connectivity index (χ4v) is 6.47.